The van der Waals surface area contributed by atoms with Crippen LogP contribution in [-0.2, 0) is 30.7 Å². The minimum atomic E-state index is -0.277. The summed E-state index contributed by atoms with van der Waals surface area (Å²) in [5, 5.41) is 1.11. The molecule has 0 aliphatic carbocycles. The third kappa shape index (κ3) is 5.69. The molecule has 0 spiro atoms. The van der Waals surface area contributed by atoms with Gasteiger partial charge in [0.1, 0.15) is 17.4 Å². The van der Waals surface area contributed by atoms with E-state index >= 15 is 0 Å². The van der Waals surface area contributed by atoms with Crippen molar-refractivity contribution in [2.75, 3.05) is 18.2 Å². The molecule has 8 heteroatoms. The van der Waals surface area contributed by atoms with E-state index in [9.17, 15) is 4.79 Å². The Morgan fingerprint density at radius 2 is 1.85 bits per heavy atom. The second kappa shape index (κ2) is 10.6. The highest BCUT2D eigenvalue weighted by atomic mass is 35.5. The van der Waals surface area contributed by atoms with E-state index in [1.807, 2.05) is 48.5 Å². The zero-order valence-electron chi connectivity index (χ0n) is 18.2. The number of hydrogen-bond donors (Lipinski definition) is 0. The Hall–Kier alpha value is -2.54. The maximum Gasteiger partial charge on any atom is 0.269 e. The van der Waals surface area contributed by atoms with Gasteiger partial charge in [0.25, 0.3) is 5.56 Å². The molecule has 0 radical (unpaired) electrons. The quantitative estimate of drug-likeness (QED) is 0.371. The summed E-state index contributed by atoms with van der Waals surface area (Å²) >= 11 is 17.7. The van der Waals surface area contributed by atoms with Crippen molar-refractivity contribution in [2.45, 2.75) is 32.9 Å². The summed E-state index contributed by atoms with van der Waals surface area (Å²) in [6.45, 7) is 3.79. The van der Waals surface area contributed by atoms with Gasteiger partial charge in [-0.2, -0.15) is 0 Å². The second-order valence-corrected chi connectivity index (χ2v) is 9.06. The molecule has 1 aliphatic heterocycles. The van der Waals surface area contributed by atoms with Crippen molar-refractivity contribution in [3.8, 4) is 5.75 Å². The maximum absolute atomic E-state index is 12.8. The van der Waals surface area contributed by atoms with Crippen LogP contribution in [0, 0.1) is 0 Å². The second-order valence-electron chi connectivity index (χ2n) is 7.79. The number of pyridine rings is 1. The van der Waals surface area contributed by atoms with E-state index < -0.39 is 0 Å². The lowest BCUT2D eigenvalue weighted by atomic mass is 10.1. The normalized spacial score (nSPS) is 13.3. The first kappa shape index (κ1) is 23.6. The zero-order valence-corrected chi connectivity index (χ0v) is 20.6. The Morgan fingerprint density at radius 3 is 2.55 bits per heavy atom. The van der Waals surface area contributed by atoms with Gasteiger partial charge in [0.15, 0.2) is 11.8 Å². The van der Waals surface area contributed by atoms with Crippen LogP contribution in [0.15, 0.2) is 59.4 Å². The lowest BCUT2D eigenvalue weighted by Crippen LogP contribution is -2.26. The van der Waals surface area contributed by atoms with Crippen LogP contribution in [0.3, 0.4) is 0 Å². The van der Waals surface area contributed by atoms with Crippen molar-refractivity contribution >= 4 is 46.2 Å². The van der Waals surface area contributed by atoms with Crippen LogP contribution in [0.1, 0.15) is 23.7 Å². The molecule has 1 aliphatic rings. The van der Waals surface area contributed by atoms with Crippen molar-refractivity contribution in [2.24, 2.45) is 0 Å². The monoisotopic (exact) mass is 502 g/mol. The number of nitrogens with zero attached hydrogens (tertiary/aromatic N) is 2. The van der Waals surface area contributed by atoms with Crippen LogP contribution in [0.25, 0.3) is 0 Å². The molecule has 1 saturated heterocycles. The number of ether oxygens (including phenoxy) is 2. The molecule has 2 heterocycles. The molecular weight excluding hydrogens is 479 g/mol. The predicted molar refractivity (Wildman–Crippen MR) is 137 cm³/mol. The molecule has 1 fully saturated rings. The van der Waals surface area contributed by atoms with E-state index in [2.05, 4.69) is 11.8 Å². The number of benzene rings is 2. The van der Waals surface area contributed by atoms with Crippen LogP contribution >= 0.6 is 35.4 Å². The molecule has 0 saturated carbocycles. The van der Waals surface area contributed by atoms with Crippen LogP contribution in [-0.4, -0.2) is 22.9 Å². The Bertz CT molecular complexity index is 1210. The van der Waals surface area contributed by atoms with Crippen LogP contribution in [0.5, 0.6) is 5.75 Å². The van der Waals surface area contributed by atoms with Gasteiger partial charge in [-0.1, -0.05) is 54.4 Å². The fraction of sp³-hybridized carbons (Fsp3) is 0.280. The summed E-state index contributed by atoms with van der Waals surface area (Å²) in [6.07, 6.45) is 1.56. The SMILES string of the molecule is CCc1cccc(OCc2c(Cl)cc(Cl)c(=O)n2CCc2ccc(N3COC(=S)C3)cc2)c1. The van der Waals surface area contributed by atoms with Crippen LogP contribution in [0.2, 0.25) is 10.0 Å². The van der Waals surface area contributed by atoms with E-state index in [-0.39, 0.29) is 17.2 Å². The molecule has 4 rings (SSSR count). The largest absolute Gasteiger partial charge is 0.487 e. The predicted octanol–water partition coefficient (Wildman–Crippen LogP) is 5.66. The lowest BCUT2D eigenvalue weighted by Gasteiger charge is -2.17. The summed E-state index contributed by atoms with van der Waals surface area (Å²) in [5.74, 6) is 0.736. The first-order chi connectivity index (χ1) is 15.9. The van der Waals surface area contributed by atoms with Gasteiger partial charge in [0.05, 0.1) is 17.3 Å². The molecule has 1 aromatic heterocycles. The fourth-order valence-corrected chi connectivity index (χ4v) is 4.45. The summed E-state index contributed by atoms with van der Waals surface area (Å²) in [4.78, 5) is 14.9. The van der Waals surface area contributed by atoms with Gasteiger partial charge in [0.2, 0.25) is 0 Å². The van der Waals surface area contributed by atoms with E-state index in [1.54, 1.807) is 4.57 Å². The van der Waals surface area contributed by atoms with Gasteiger partial charge in [-0.05, 0) is 66.5 Å². The minimum absolute atomic E-state index is 0.0945. The van der Waals surface area contributed by atoms with Crippen molar-refractivity contribution in [1.82, 2.24) is 4.57 Å². The first-order valence-corrected chi connectivity index (χ1v) is 11.9. The van der Waals surface area contributed by atoms with Crippen LogP contribution < -0.4 is 15.2 Å². The van der Waals surface area contributed by atoms with E-state index in [0.29, 0.717) is 42.0 Å². The van der Waals surface area contributed by atoms with Gasteiger partial charge >= 0.3 is 0 Å². The Morgan fingerprint density at radius 1 is 1.06 bits per heavy atom. The number of aromatic nitrogens is 1. The molecule has 2 aromatic carbocycles. The Labute approximate surface area is 208 Å². The average Bonchev–Trinajstić information content (AvgIpc) is 3.26. The van der Waals surface area contributed by atoms with E-state index in [1.165, 1.54) is 11.6 Å². The Balaban J connectivity index is 1.49. The standard InChI is InChI=1S/C25H24Cl2N2O3S/c1-2-17-4-3-5-20(12-17)31-15-23-21(26)13-22(27)25(30)29(23)11-10-18-6-8-19(9-7-18)28-14-24(33)32-16-28/h3-9,12-13H,2,10-11,14-16H2,1H3. The molecule has 0 amide bonds. The molecule has 0 unspecified atom stereocenters. The van der Waals surface area contributed by atoms with Crippen molar-refractivity contribution in [1.29, 1.82) is 0 Å². The number of hydrogen-bond acceptors (Lipinski definition) is 5. The molecular formula is C25H24Cl2N2O3S. The number of anilines is 1. The Kier molecular flexibility index (Phi) is 7.58. The topological polar surface area (TPSA) is 43.7 Å². The summed E-state index contributed by atoms with van der Waals surface area (Å²) < 4.78 is 12.9. The summed E-state index contributed by atoms with van der Waals surface area (Å²) in [7, 11) is 0. The fourth-order valence-electron chi connectivity index (χ4n) is 3.70. The molecule has 0 atom stereocenters. The minimum Gasteiger partial charge on any atom is -0.487 e. The molecule has 3 aromatic rings. The van der Waals surface area contributed by atoms with Crippen molar-refractivity contribution < 1.29 is 9.47 Å². The van der Waals surface area contributed by atoms with Gasteiger partial charge in [-0.3, -0.25) is 4.79 Å². The molecule has 5 nitrogen and oxygen atoms in total. The highest BCUT2D eigenvalue weighted by molar-refractivity contribution is 7.80. The van der Waals surface area contributed by atoms with Gasteiger partial charge in [-0.25, -0.2) is 0 Å². The first-order valence-electron chi connectivity index (χ1n) is 10.7. The lowest BCUT2D eigenvalue weighted by molar-refractivity contribution is 0.292. The summed E-state index contributed by atoms with van der Waals surface area (Å²) in [5.41, 5.74) is 3.64. The van der Waals surface area contributed by atoms with E-state index in [4.69, 9.17) is 44.9 Å². The summed E-state index contributed by atoms with van der Waals surface area (Å²) in [6, 6.07) is 17.5. The zero-order chi connectivity index (χ0) is 23.4. The van der Waals surface area contributed by atoms with Crippen molar-refractivity contribution in [3.63, 3.8) is 0 Å². The molecule has 172 valence electrons. The number of halogens is 2. The molecule has 0 N–H and O–H groups in total. The van der Waals surface area contributed by atoms with Crippen molar-refractivity contribution in [3.05, 3.63) is 91.8 Å². The highest BCUT2D eigenvalue weighted by Crippen LogP contribution is 2.23. The third-order valence-electron chi connectivity index (χ3n) is 5.61. The number of thiocarbonyl (C=S) groups is 1. The van der Waals surface area contributed by atoms with Gasteiger partial charge < -0.3 is 18.9 Å². The highest BCUT2D eigenvalue weighted by Gasteiger charge is 2.18. The number of aryl methyl sites for hydroxylation is 2. The maximum atomic E-state index is 12.8. The molecule has 33 heavy (non-hydrogen) atoms. The van der Waals surface area contributed by atoms with Gasteiger partial charge in [0, 0.05) is 12.2 Å². The van der Waals surface area contributed by atoms with Gasteiger partial charge in [-0.15, -0.1) is 0 Å². The smallest absolute Gasteiger partial charge is 0.269 e. The average molecular weight is 503 g/mol. The number of rotatable bonds is 8. The van der Waals surface area contributed by atoms with E-state index in [0.717, 1.165) is 23.4 Å². The third-order valence-corrected chi connectivity index (χ3v) is 6.46. The van der Waals surface area contributed by atoms with Crippen LogP contribution in [0.4, 0.5) is 5.69 Å². The molecule has 0 bridgehead atoms.